The Morgan fingerprint density at radius 1 is 0.656 bits per heavy atom. The van der Waals surface area contributed by atoms with Crippen LogP contribution >= 0.6 is 0 Å². The maximum Gasteiger partial charge on any atom is 0.0404 e. The van der Waals surface area contributed by atoms with E-state index in [1.54, 1.807) is 0 Å². The first kappa shape index (κ1) is 24.4. The molecular weight excluding hydrogens is 388 g/mol. The Hall–Kier alpha value is -2.22. The summed E-state index contributed by atoms with van der Waals surface area (Å²) < 4.78 is 0. The van der Waals surface area contributed by atoms with E-state index in [9.17, 15) is 0 Å². The second-order valence-corrected chi connectivity index (χ2v) is 10.7. The molecule has 0 saturated carbocycles. The molecule has 2 nitrogen and oxygen atoms in total. The summed E-state index contributed by atoms with van der Waals surface area (Å²) in [5, 5.41) is 0. The van der Waals surface area contributed by atoms with Crippen molar-refractivity contribution in [1.29, 1.82) is 0 Å². The summed E-state index contributed by atoms with van der Waals surface area (Å²) >= 11 is 0. The lowest BCUT2D eigenvalue weighted by molar-refractivity contribution is 0.201. The second kappa shape index (κ2) is 10.6. The number of hydrogen-bond acceptors (Lipinski definition) is 2. The zero-order valence-electron chi connectivity index (χ0n) is 21.5. The van der Waals surface area contributed by atoms with Crippen molar-refractivity contribution in [3.8, 4) is 0 Å². The molecule has 4 rings (SSSR count). The molecule has 0 saturated heterocycles. The number of anilines is 1. The Kier molecular flexibility index (Phi) is 8.09. The number of benzene rings is 2. The van der Waals surface area contributed by atoms with Crippen LogP contribution in [0.4, 0.5) is 5.69 Å². The normalized spacial score (nSPS) is 20.2. The predicted molar refractivity (Wildman–Crippen MR) is 141 cm³/mol. The highest BCUT2D eigenvalue weighted by molar-refractivity contribution is 5.67. The van der Waals surface area contributed by atoms with E-state index in [1.165, 1.54) is 35.2 Å². The summed E-state index contributed by atoms with van der Waals surface area (Å²) in [6.07, 6.45) is 4.76. The summed E-state index contributed by atoms with van der Waals surface area (Å²) in [5.41, 5.74) is 5.83. The van der Waals surface area contributed by atoms with Gasteiger partial charge < -0.3 is 9.80 Å². The highest BCUT2D eigenvalue weighted by Gasteiger charge is 2.32. The van der Waals surface area contributed by atoms with E-state index in [0.29, 0.717) is 30.1 Å². The molecule has 0 aromatic heterocycles. The number of hydrogen-bond donors (Lipinski definition) is 0. The zero-order chi connectivity index (χ0) is 23.4. The summed E-state index contributed by atoms with van der Waals surface area (Å²) in [7, 11) is 0. The number of para-hydroxylation sites is 1. The minimum absolute atomic E-state index is 0.587. The van der Waals surface area contributed by atoms with Crippen molar-refractivity contribution in [2.75, 3.05) is 4.90 Å². The first-order chi connectivity index (χ1) is 15.2. The third-order valence-electron chi connectivity index (χ3n) is 7.01. The van der Waals surface area contributed by atoms with E-state index in [2.05, 4.69) is 126 Å². The second-order valence-electron chi connectivity index (χ2n) is 10.7. The van der Waals surface area contributed by atoms with Gasteiger partial charge in [-0.25, -0.2) is 0 Å². The topological polar surface area (TPSA) is 6.48 Å². The monoisotopic (exact) mass is 432 g/mol. The fourth-order valence-corrected chi connectivity index (χ4v) is 5.27. The lowest BCUT2D eigenvalue weighted by atomic mass is 9.95. The van der Waals surface area contributed by atoms with Gasteiger partial charge in [-0.05, 0) is 75.1 Å². The van der Waals surface area contributed by atoms with Crippen LogP contribution in [0.2, 0.25) is 0 Å². The predicted octanol–water partition coefficient (Wildman–Crippen LogP) is 7.65. The van der Waals surface area contributed by atoms with Gasteiger partial charge >= 0.3 is 0 Å². The van der Waals surface area contributed by atoms with E-state index in [1.807, 2.05) is 0 Å². The van der Waals surface area contributed by atoms with Crippen molar-refractivity contribution in [3.05, 3.63) is 71.9 Å². The van der Waals surface area contributed by atoms with Crippen molar-refractivity contribution < 1.29 is 0 Å². The van der Waals surface area contributed by atoms with Gasteiger partial charge in [-0.15, -0.1) is 0 Å². The van der Waals surface area contributed by atoms with Crippen LogP contribution in [0, 0.1) is 11.8 Å². The molecule has 2 aromatic carbocycles. The molecule has 2 aliphatic heterocycles. The largest absolute Gasteiger partial charge is 0.371 e. The molecule has 174 valence electrons. The molecule has 2 atom stereocenters. The molecule has 0 aliphatic carbocycles. The van der Waals surface area contributed by atoms with Gasteiger partial charge in [0.1, 0.15) is 0 Å². The quantitative estimate of drug-likeness (QED) is 0.479. The van der Waals surface area contributed by atoms with Crippen LogP contribution in [0.3, 0.4) is 0 Å². The van der Waals surface area contributed by atoms with Crippen molar-refractivity contribution in [2.45, 2.75) is 92.4 Å². The van der Waals surface area contributed by atoms with Crippen molar-refractivity contribution in [1.82, 2.24) is 4.90 Å². The van der Waals surface area contributed by atoms with E-state index >= 15 is 0 Å². The lowest BCUT2D eigenvalue weighted by Crippen LogP contribution is -2.40. The average molecular weight is 433 g/mol. The van der Waals surface area contributed by atoms with Crippen LogP contribution in [-0.4, -0.2) is 29.1 Å². The van der Waals surface area contributed by atoms with Gasteiger partial charge in [-0.3, -0.25) is 0 Å². The highest BCUT2D eigenvalue weighted by Crippen LogP contribution is 2.36. The first-order valence-electron chi connectivity index (χ1n) is 12.6. The molecule has 2 aliphatic rings. The molecule has 0 N–H and O–H groups in total. The van der Waals surface area contributed by atoms with E-state index < -0.39 is 0 Å². The summed E-state index contributed by atoms with van der Waals surface area (Å²) in [4.78, 5) is 5.10. The zero-order valence-corrected chi connectivity index (χ0v) is 21.5. The van der Waals surface area contributed by atoms with Crippen molar-refractivity contribution in [3.63, 3.8) is 0 Å². The third kappa shape index (κ3) is 5.39. The fraction of sp³-hybridized carbons (Fsp3) is 0.533. The Morgan fingerprint density at radius 3 is 1.78 bits per heavy atom. The summed E-state index contributed by atoms with van der Waals surface area (Å²) in [6.45, 7) is 18.4. The van der Waals surface area contributed by atoms with Gasteiger partial charge in [0.25, 0.3) is 0 Å². The van der Waals surface area contributed by atoms with Crippen LogP contribution in [-0.2, 0) is 6.42 Å². The Morgan fingerprint density at radius 2 is 1.25 bits per heavy atom. The Bertz CT molecular complexity index is 879. The molecule has 32 heavy (non-hydrogen) atoms. The standard InChI is InChI=1S/C16H23N.C14H21N/c1-12(2)16-10-15(11-17(16)13(3)4)14-8-6-5-7-9-14;1-10(2)14-9-12-7-5-6-8-13(12)15(14)11(3)4/h5-9,11-13,16H,10H2,1-4H3;5-8,10-11,14H,9H2,1-4H3/t16-;14-/m00/s1. The smallest absolute Gasteiger partial charge is 0.0404 e. The lowest BCUT2D eigenvalue weighted by Gasteiger charge is -2.34. The van der Waals surface area contributed by atoms with E-state index in [4.69, 9.17) is 0 Å². The molecule has 2 aromatic rings. The summed E-state index contributed by atoms with van der Waals surface area (Å²) in [5.74, 6) is 1.43. The number of fused-ring (bicyclic) bond motifs is 1. The van der Waals surface area contributed by atoms with Gasteiger partial charge in [0.15, 0.2) is 0 Å². The van der Waals surface area contributed by atoms with E-state index in [0.717, 1.165) is 5.92 Å². The van der Waals surface area contributed by atoms with Gasteiger partial charge in [-0.2, -0.15) is 0 Å². The average Bonchev–Trinajstić information content (AvgIpc) is 3.38. The van der Waals surface area contributed by atoms with Gasteiger partial charge in [-0.1, -0.05) is 76.2 Å². The minimum atomic E-state index is 0.587. The summed E-state index contributed by atoms with van der Waals surface area (Å²) in [6, 6.07) is 22.1. The van der Waals surface area contributed by atoms with Crippen LogP contribution in [0.25, 0.3) is 5.57 Å². The molecule has 0 unspecified atom stereocenters. The molecular formula is C30H44N2. The third-order valence-corrected chi connectivity index (χ3v) is 7.01. The highest BCUT2D eigenvalue weighted by atomic mass is 15.2. The SMILES string of the molecule is CC(C)[C@@H]1CC(c2ccccc2)=CN1C(C)C.CC(C)[C@@H]1Cc2ccccc2N1C(C)C. The number of nitrogens with zero attached hydrogens (tertiary/aromatic N) is 2. The Labute approximate surface area is 197 Å². The molecule has 2 heterocycles. The van der Waals surface area contributed by atoms with Crippen LogP contribution in [0.15, 0.2) is 60.8 Å². The first-order valence-corrected chi connectivity index (χ1v) is 12.6. The fourth-order valence-electron chi connectivity index (χ4n) is 5.27. The van der Waals surface area contributed by atoms with E-state index in [-0.39, 0.29) is 0 Å². The van der Waals surface area contributed by atoms with Crippen molar-refractivity contribution in [2.24, 2.45) is 11.8 Å². The van der Waals surface area contributed by atoms with Crippen molar-refractivity contribution >= 4 is 11.3 Å². The maximum atomic E-state index is 2.58. The molecule has 0 bridgehead atoms. The molecule has 0 fully saturated rings. The van der Waals surface area contributed by atoms with Gasteiger partial charge in [0.05, 0.1) is 0 Å². The van der Waals surface area contributed by atoms with Gasteiger partial charge in [0, 0.05) is 36.1 Å². The van der Waals surface area contributed by atoms with Crippen LogP contribution in [0.1, 0.15) is 72.9 Å². The van der Waals surface area contributed by atoms with Crippen LogP contribution < -0.4 is 4.90 Å². The molecule has 0 radical (unpaired) electrons. The van der Waals surface area contributed by atoms with Crippen LogP contribution in [0.5, 0.6) is 0 Å². The molecule has 0 spiro atoms. The molecule has 0 amide bonds. The molecule has 2 heteroatoms. The number of rotatable bonds is 5. The minimum Gasteiger partial charge on any atom is -0.371 e. The maximum absolute atomic E-state index is 2.58. The Balaban J connectivity index is 0.000000182. The van der Waals surface area contributed by atoms with Gasteiger partial charge in [0.2, 0.25) is 0 Å².